The van der Waals surface area contributed by atoms with Crippen molar-refractivity contribution in [1.29, 1.82) is 0 Å². The topological polar surface area (TPSA) is 52.0 Å². The molecule has 0 aliphatic carbocycles. The molecule has 2 nitrogen and oxygen atoms in total. The number of hydrogen-bond donors (Lipinski definition) is 2. The second kappa shape index (κ2) is 6.40. The second-order valence-corrected chi connectivity index (χ2v) is 6.55. The van der Waals surface area contributed by atoms with Crippen LogP contribution in [0.3, 0.4) is 0 Å². The van der Waals surface area contributed by atoms with Gasteiger partial charge in [0.2, 0.25) is 0 Å². The summed E-state index contributed by atoms with van der Waals surface area (Å²) < 4.78 is 0. The lowest BCUT2D eigenvalue weighted by Gasteiger charge is -2.17. The summed E-state index contributed by atoms with van der Waals surface area (Å²) in [6.45, 7) is 6.31. The molecule has 0 heterocycles. The zero-order valence-corrected chi connectivity index (χ0v) is 14.5. The minimum absolute atomic E-state index is 0.233. The summed E-state index contributed by atoms with van der Waals surface area (Å²) in [6.07, 6.45) is 0. The van der Waals surface area contributed by atoms with E-state index < -0.39 is 0 Å². The molecule has 0 aliphatic rings. The maximum atomic E-state index is 6.18. The summed E-state index contributed by atoms with van der Waals surface area (Å²) in [5.74, 6) is 0.233. The lowest BCUT2D eigenvalue weighted by Crippen LogP contribution is -2.03. The fourth-order valence-corrected chi connectivity index (χ4v) is 3.03. The number of nitrogen functional groups attached to an aromatic ring is 2. The van der Waals surface area contributed by atoms with Gasteiger partial charge in [0, 0.05) is 17.3 Å². The molecular weight excluding hydrogens is 292 g/mol. The summed E-state index contributed by atoms with van der Waals surface area (Å²) >= 11 is 0. The molecule has 0 bridgehead atoms. The van der Waals surface area contributed by atoms with Gasteiger partial charge in [-0.25, -0.2) is 0 Å². The van der Waals surface area contributed by atoms with Crippen LogP contribution in [0.4, 0.5) is 11.4 Å². The zero-order valence-electron chi connectivity index (χ0n) is 14.5. The van der Waals surface area contributed by atoms with Gasteiger partial charge in [-0.05, 0) is 47.7 Å². The highest BCUT2D eigenvalue weighted by molar-refractivity contribution is 5.66. The van der Waals surface area contributed by atoms with Crippen LogP contribution in [0.5, 0.6) is 0 Å². The Labute approximate surface area is 144 Å². The van der Waals surface area contributed by atoms with Crippen LogP contribution >= 0.6 is 0 Å². The molecule has 122 valence electrons. The molecule has 24 heavy (non-hydrogen) atoms. The summed E-state index contributed by atoms with van der Waals surface area (Å²) in [6, 6.07) is 21.3. The average Bonchev–Trinajstić information content (AvgIpc) is 2.58. The number of anilines is 2. The van der Waals surface area contributed by atoms with E-state index in [0.717, 1.165) is 22.5 Å². The maximum absolute atomic E-state index is 6.18. The van der Waals surface area contributed by atoms with E-state index in [2.05, 4.69) is 68.4 Å². The predicted molar refractivity (Wildman–Crippen MR) is 104 cm³/mol. The van der Waals surface area contributed by atoms with Crippen molar-refractivity contribution in [2.45, 2.75) is 26.7 Å². The molecule has 4 N–H and O–H groups in total. The molecule has 3 aromatic rings. The van der Waals surface area contributed by atoms with Gasteiger partial charge in [-0.15, -0.1) is 0 Å². The highest BCUT2D eigenvalue weighted by Gasteiger charge is 2.13. The van der Waals surface area contributed by atoms with Gasteiger partial charge in [0.05, 0.1) is 0 Å². The zero-order chi connectivity index (χ0) is 17.3. The molecule has 0 fully saturated rings. The standard InChI is InChI=1S/C22H24N2/c1-14-4-6-18(7-5-14)19-10-8-17(9-11-19)16(3)20-12-15(2)21(23)13-22(20)24/h4-13,16H,23-24H2,1-3H3. The van der Waals surface area contributed by atoms with Crippen LogP contribution in [0, 0.1) is 13.8 Å². The second-order valence-electron chi connectivity index (χ2n) is 6.55. The molecule has 2 heteroatoms. The third-order valence-corrected chi connectivity index (χ3v) is 4.73. The minimum Gasteiger partial charge on any atom is -0.398 e. The van der Waals surface area contributed by atoms with Crippen molar-refractivity contribution >= 4 is 11.4 Å². The van der Waals surface area contributed by atoms with Crippen molar-refractivity contribution in [3.05, 3.63) is 82.9 Å². The number of rotatable bonds is 3. The van der Waals surface area contributed by atoms with Crippen molar-refractivity contribution in [3.63, 3.8) is 0 Å². The maximum Gasteiger partial charge on any atom is 0.0373 e. The third kappa shape index (κ3) is 3.13. The van der Waals surface area contributed by atoms with E-state index in [1.807, 2.05) is 13.0 Å². The summed E-state index contributed by atoms with van der Waals surface area (Å²) in [5, 5.41) is 0. The van der Waals surface area contributed by atoms with Crippen molar-refractivity contribution < 1.29 is 0 Å². The minimum atomic E-state index is 0.233. The van der Waals surface area contributed by atoms with Gasteiger partial charge in [-0.1, -0.05) is 67.1 Å². The van der Waals surface area contributed by atoms with Crippen LogP contribution in [0.15, 0.2) is 60.7 Å². The molecule has 0 radical (unpaired) electrons. The van der Waals surface area contributed by atoms with Gasteiger partial charge >= 0.3 is 0 Å². The van der Waals surface area contributed by atoms with Crippen molar-refractivity contribution in [2.75, 3.05) is 11.5 Å². The van der Waals surface area contributed by atoms with E-state index in [1.165, 1.54) is 22.3 Å². The van der Waals surface area contributed by atoms with Gasteiger partial charge in [-0.3, -0.25) is 0 Å². The Morgan fingerprint density at radius 2 is 1.25 bits per heavy atom. The van der Waals surface area contributed by atoms with Crippen LogP contribution in [0.2, 0.25) is 0 Å². The largest absolute Gasteiger partial charge is 0.398 e. The first-order valence-electron chi connectivity index (χ1n) is 8.28. The Hall–Kier alpha value is -2.74. The van der Waals surface area contributed by atoms with E-state index in [4.69, 9.17) is 11.5 Å². The third-order valence-electron chi connectivity index (χ3n) is 4.73. The highest BCUT2D eigenvalue weighted by Crippen LogP contribution is 2.32. The lowest BCUT2D eigenvalue weighted by molar-refractivity contribution is 0.924. The lowest BCUT2D eigenvalue weighted by atomic mass is 9.89. The van der Waals surface area contributed by atoms with Gasteiger partial charge in [-0.2, -0.15) is 0 Å². The Balaban J connectivity index is 1.90. The Morgan fingerprint density at radius 1 is 0.708 bits per heavy atom. The normalized spacial score (nSPS) is 12.1. The van der Waals surface area contributed by atoms with E-state index in [1.54, 1.807) is 0 Å². The van der Waals surface area contributed by atoms with Crippen LogP contribution in [0.1, 0.15) is 35.1 Å². The summed E-state index contributed by atoms with van der Waals surface area (Å²) in [7, 11) is 0. The van der Waals surface area contributed by atoms with Crippen LogP contribution < -0.4 is 11.5 Å². The number of nitrogens with two attached hydrogens (primary N) is 2. The highest BCUT2D eigenvalue weighted by atomic mass is 14.6. The van der Waals surface area contributed by atoms with Crippen LogP contribution in [-0.2, 0) is 0 Å². The molecule has 0 aromatic heterocycles. The molecule has 1 atom stereocenters. The molecule has 0 saturated heterocycles. The summed E-state index contributed by atoms with van der Waals surface area (Å²) in [4.78, 5) is 0. The monoisotopic (exact) mass is 316 g/mol. The average molecular weight is 316 g/mol. The van der Waals surface area contributed by atoms with Crippen molar-refractivity contribution in [1.82, 2.24) is 0 Å². The molecule has 0 aliphatic heterocycles. The van der Waals surface area contributed by atoms with Gasteiger partial charge in [0.15, 0.2) is 0 Å². The smallest absolute Gasteiger partial charge is 0.0373 e. The molecule has 3 rings (SSSR count). The molecule has 0 amide bonds. The van der Waals surface area contributed by atoms with E-state index >= 15 is 0 Å². The quantitative estimate of drug-likeness (QED) is 0.645. The number of benzene rings is 3. The Bertz CT molecular complexity index is 846. The first-order valence-corrected chi connectivity index (χ1v) is 8.28. The first kappa shape index (κ1) is 16.1. The number of hydrogen-bond acceptors (Lipinski definition) is 2. The molecule has 0 saturated carbocycles. The number of aryl methyl sites for hydroxylation is 2. The van der Waals surface area contributed by atoms with Crippen LogP contribution in [-0.4, -0.2) is 0 Å². The molecule has 3 aromatic carbocycles. The van der Waals surface area contributed by atoms with Crippen LogP contribution in [0.25, 0.3) is 11.1 Å². The molecule has 1 unspecified atom stereocenters. The van der Waals surface area contributed by atoms with Gasteiger partial charge in [0.25, 0.3) is 0 Å². The fourth-order valence-electron chi connectivity index (χ4n) is 3.03. The van der Waals surface area contributed by atoms with Gasteiger partial charge in [0.1, 0.15) is 0 Å². The fraction of sp³-hybridized carbons (Fsp3) is 0.182. The van der Waals surface area contributed by atoms with E-state index in [-0.39, 0.29) is 5.92 Å². The molecule has 0 spiro atoms. The Morgan fingerprint density at radius 3 is 1.83 bits per heavy atom. The Kier molecular flexibility index (Phi) is 4.30. The first-order chi connectivity index (χ1) is 11.5. The summed E-state index contributed by atoms with van der Waals surface area (Å²) in [5.41, 5.74) is 20.8. The van der Waals surface area contributed by atoms with Crippen molar-refractivity contribution in [3.8, 4) is 11.1 Å². The van der Waals surface area contributed by atoms with Crippen molar-refractivity contribution in [2.24, 2.45) is 0 Å². The van der Waals surface area contributed by atoms with E-state index in [0.29, 0.717) is 0 Å². The SMILES string of the molecule is Cc1ccc(-c2ccc(C(C)c3cc(C)c(N)cc3N)cc2)cc1. The van der Waals surface area contributed by atoms with Gasteiger partial charge < -0.3 is 11.5 Å². The van der Waals surface area contributed by atoms with E-state index in [9.17, 15) is 0 Å². The predicted octanol–water partition coefficient (Wildman–Crippen LogP) is 5.29. The molecular formula is C22H24N2.